The molecule has 0 radical (unpaired) electrons. The van der Waals surface area contributed by atoms with Crippen LogP contribution in [0.4, 0.5) is 10.5 Å². The molecule has 0 spiro atoms. The van der Waals surface area contributed by atoms with Crippen molar-refractivity contribution in [2.75, 3.05) is 4.90 Å². The normalized spacial score (nSPS) is 21.0. The molecule has 2 heterocycles. The summed E-state index contributed by atoms with van der Waals surface area (Å²) in [5.74, 6) is -1.04. The van der Waals surface area contributed by atoms with E-state index in [1.165, 1.54) is 11.1 Å². The van der Waals surface area contributed by atoms with Gasteiger partial charge in [-0.15, -0.1) is 0 Å². The molecule has 1 aromatic heterocycles. The molecule has 1 unspecified atom stereocenters. The van der Waals surface area contributed by atoms with Gasteiger partial charge in [-0.1, -0.05) is 6.92 Å². The molecule has 1 amide bonds. The summed E-state index contributed by atoms with van der Waals surface area (Å²) in [4.78, 5) is 29.6. The minimum absolute atomic E-state index is 0.260. The van der Waals surface area contributed by atoms with E-state index in [-0.39, 0.29) is 12.8 Å². The summed E-state index contributed by atoms with van der Waals surface area (Å²) in [6.07, 6.45) is 3.00. The van der Waals surface area contributed by atoms with Crippen LogP contribution in [0.25, 0.3) is 0 Å². The van der Waals surface area contributed by atoms with Gasteiger partial charge in [0, 0.05) is 12.6 Å². The molecule has 0 aliphatic carbocycles. The number of pyridine rings is 1. The minimum Gasteiger partial charge on any atom is -0.479 e. The standard InChI is InChI=1S/C15H20N2O4/c1-5-15(12(18)19)8-10-6-7-16-9-11(10)17(15)13(20)21-14(2,3)4/h6-7,9H,5,8H2,1-4H3,(H,18,19). The first-order valence-corrected chi connectivity index (χ1v) is 6.91. The van der Waals surface area contributed by atoms with E-state index >= 15 is 0 Å². The molecule has 6 nitrogen and oxygen atoms in total. The Bertz CT molecular complexity index is 579. The molecule has 1 aromatic rings. The molecule has 2 rings (SSSR count). The molecule has 0 aromatic carbocycles. The molecule has 1 aliphatic rings. The molecule has 114 valence electrons. The van der Waals surface area contributed by atoms with Crippen molar-refractivity contribution in [1.29, 1.82) is 0 Å². The quantitative estimate of drug-likeness (QED) is 0.906. The Labute approximate surface area is 123 Å². The number of ether oxygens (including phenoxy) is 1. The van der Waals surface area contributed by atoms with Gasteiger partial charge < -0.3 is 9.84 Å². The fourth-order valence-electron chi connectivity index (χ4n) is 2.58. The summed E-state index contributed by atoms with van der Waals surface area (Å²) in [6, 6.07) is 1.74. The molecular weight excluding hydrogens is 272 g/mol. The number of fused-ring (bicyclic) bond motifs is 1. The van der Waals surface area contributed by atoms with Gasteiger partial charge in [0.2, 0.25) is 0 Å². The van der Waals surface area contributed by atoms with Crippen LogP contribution in [0.15, 0.2) is 18.5 Å². The zero-order valence-electron chi connectivity index (χ0n) is 12.7. The van der Waals surface area contributed by atoms with E-state index in [1.54, 1.807) is 40.0 Å². The van der Waals surface area contributed by atoms with E-state index in [0.29, 0.717) is 5.69 Å². The van der Waals surface area contributed by atoms with Crippen LogP contribution in [0.3, 0.4) is 0 Å². The van der Waals surface area contributed by atoms with Gasteiger partial charge in [-0.3, -0.25) is 9.88 Å². The van der Waals surface area contributed by atoms with Gasteiger partial charge in [-0.2, -0.15) is 0 Å². The van der Waals surface area contributed by atoms with E-state index in [2.05, 4.69) is 4.98 Å². The maximum absolute atomic E-state index is 12.5. The predicted octanol–water partition coefficient (Wildman–Crippen LogP) is 2.61. The van der Waals surface area contributed by atoms with Gasteiger partial charge in [0.15, 0.2) is 5.54 Å². The second-order valence-corrected chi connectivity index (χ2v) is 6.19. The van der Waals surface area contributed by atoms with E-state index < -0.39 is 23.2 Å². The van der Waals surface area contributed by atoms with Gasteiger partial charge in [0.25, 0.3) is 0 Å². The number of hydrogen-bond donors (Lipinski definition) is 1. The van der Waals surface area contributed by atoms with Crippen molar-refractivity contribution in [1.82, 2.24) is 4.98 Å². The van der Waals surface area contributed by atoms with Gasteiger partial charge >= 0.3 is 12.1 Å². The first-order chi connectivity index (χ1) is 9.71. The van der Waals surface area contributed by atoms with E-state index in [1.807, 2.05) is 0 Å². The molecule has 0 saturated heterocycles. The number of rotatable bonds is 2. The number of carbonyl (C=O) groups is 2. The number of carboxylic acids is 1. The number of nitrogens with zero attached hydrogens (tertiary/aromatic N) is 2. The lowest BCUT2D eigenvalue weighted by atomic mass is 9.91. The molecule has 0 bridgehead atoms. The fraction of sp³-hybridized carbons (Fsp3) is 0.533. The molecular formula is C15H20N2O4. The number of amides is 1. The summed E-state index contributed by atoms with van der Waals surface area (Å²) in [5, 5.41) is 9.68. The minimum atomic E-state index is -1.31. The molecule has 1 N–H and O–H groups in total. The van der Waals surface area contributed by atoms with Gasteiger partial charge in [-0.05, 0) is 38.8 Å². The highest BCUT2D eigenvalue weighted by Gasteiger charge is 2.53. The van der Waals surface area contributed by atoms with Crippen LogP contribution < -0.4 is 4.90 Å². The Morgan fingerprint density at radius 3 is 2.67 bits per heavy atom. The summed E-state index contributed by atoms with van der Waals surface area (Å²) in [6.45, 7) is 7.00. The zero-order chi connectivity index (χ0) is 15.8. The lowest BCUT2D eigenvalue weighted by Gasteiger charge is -2.35. The van der Waals surface area contributed by atoms with Crippen molar-refractivity contribution in [3.63, 3.8) is 0 Å². The third kappa shape index (κ3) is 2.57. The van der Waals surface area contributed by atoms with Gasteiger partial charge in [0.1, 0.15) is 5.60 Å². The number of anilines is 1. The second kappa shape index (κ2) is 5.02. The fourth-order valence-corrected chi connectivity index (χ4v) is 2.58. The monoisotopic (exact) mass is 292 g/mol. The number of aliphatic carboxylic acids is 1. The van der Waals surface area contributed by atoms with Crippen molar-refractivity contribution >= 4 is 17.7 Å². The number of carboxylic acid groups (broad SMARTS) is 1. The van der Waals surface area contributed by atoms with Crippen LogP contribution in [0.2, 0.25) is 0 Å². The number of aromatic nitrogens is 1. The second-order valence-electron chi connectivity index (χ2n) is 6.19. The highest BCUT2D eigenvalue weighted by molar-refractivity contribution is 6.01. The van der Waals surface area contributed by atoms with Gasteiger partial charge in [0.05, 0.1) is 11.9 Å². The lowest BCUT2D eigenvalue weighted by Crippen LogP contribution is -2.56. The number of carbonyl (C=O) groups excluding carboxylic acids is 1. The Kier molecular flexibility index (Phi) is 3.65. The van der Waals surface area contributed by atoms with Crippen LogP contribution in [0, 0.1) is 0 Å². The van der Waals surface area contributed by atoms with Crippen molar-refractivity contribution in [2.45, 2.75) is 51.7 Å². The maximum atomic E-state index is 12.5. The average molecular weight is 292 g/mol. The highest BCUT2D eigenvalue weighted by atomic mass is 16.6. The molecule has 1 aliphatic heterocycles. The van der Waals surface area contributed by atoms with E-state index in [9.17, 15) is 14.7 Å². The summed E-state index contributed by atoms with van der Waals surface area (Å²) >= 11 is 0. The van der Waals surface area contributed by atoms with E-state index in [0.717, 1.165) is 5.56 Å². The summed E-state index contributed by atoms with van der Waals surface area (Å²) < 4.78 is 5.38. The molecule has 1 atom stereocenters. The first kappa shape index (κ1) is 15.3. The topological polar surface area (TPSA) is 79.7 Å². The number of hydrogen-bond acceptors (Lipinski definition) is 4. The van der Waals surface area contributed by atoms with Gasteiger partial charge in [-0.25, -0.2) is 9.59 Å². The molecule has 6 heteroatoms. The van der Waals surface area contributed by atoms with Crippen molar-refractivity contribution in [3.05, 3.63) is 24.0 Å². The third-order valence-corrected chi connectivity index (χ3v) is 3.60. The largest absolute Gasteiger partial charge is 0.479 e. The first-order valence-electron chi connectivity index (χ1n) is 6.91. The van der Waals surface area contributed by atoms with Crippen LogP contribution >= 0.6 is 0 Å². The van der Waals surface area contributed by atoms with Crippen LogP contribution in [0.1, 0.15) is 39.7 Å². The molecule has 0 saturated carbocycles. The smallest absolute Gasteiger partial charge is 0.415 e. The maximum Gasteiger partial charge on any atom is 0.415 e. The zero-order valence-corrected chi connectivity index (χ0v) is 12.7. The Hall–Kier alpha value is -2.11. The Morgan fingerprint density at radius 1 is 1.48 bits per heavy atom. The molecule has 0 fully saturated rings. The van der Waals surface area contributed by atoms with E-state index in [4.69, 9.17) is 4.74 Å². The lowest BCUT2D eigenvalue weighted by molar-refractivity contribution is -0.143. The Morgan fingerprint density at radius 2 is 2.14 bits per heavy atom. The SMILES string of the molecule is CCC1(C(=O)O)Cc2ccncc2N1C(=O)OC(C)(C)C. The Balaban J connectivity index is 2.50. The summed E-state index contributed by atoms with van der Waals surface area (Å²) in [7, 11) is 0. The van der Waals surface area contributed by atoms with Crippen LogP contribution in [-0.2, 0) is 16.0 Å². The van der Waals surface area contributed by atoms with Crippen LogP contribution in [0.5, 0.6) is 0 Å². The predicted molar refractivity (Wildman–Crippen MR) is 77.3 cm³/mol. The summed E-state index contributed by atoms with van der Waals surface area (Å²) in [5.41, 5.74) is -0.704. The third-order valence-electron chi connectivity index (χ3n) is 3.60. The van der Waals surface area contributed by atoms with Crippen LogP contribution in [-0.4, -0.2) is 33.3 Å². The highest BCUT2D eigenvalue weighted by Crippen LogP contribution is 2.41. The van der Waals surface area contributed by atoms with Crippen molar-refractivity contribution in [3.8, 4) is 0 Å². The van der Waals surface area contributed by atoms with Crippen molar-refractivity contribution in [2.24, 2.45) is 0 Å². The average Bonchev–Trinajstić information content (AvgIpc) is 2.72. The molecule has 21 heavy (non-hydrogen) atoms. The van der Waals surface area contributed by atoms with Crippen molar-refractivity contribution < 1.29 is 19.4 Å².